The monoisotopic (exact) mass is 444 g/mol. The molecule has 3 aromatic carbocycles. The lowest BCUT2D eigenvalue weighted by atomic mass is 9.77. The van der Waals surface area contributed by atoms with E-state index in [1.165, 1.54) is 12.1 Å². The van der Waals surface area contributed by atoms with Crippen LogP contribution < -0.4 is 9.47 Å². The van der Waals surface area contributed by atoms with E-state index in [1.807, 2.05) is 39.8 Å². The van der Waals surface area contributed by atoms with E-state index in [0.717, 1.165) is 0 Å². The summed E-state index contributed by atoms with van der Waals surface area (Å²) < 4.78 is 17.9. The third-order valence-corrected chi connectivity index (χ3v) is 6.54. The molecular formula is C27H24O6. The zero-order valence-corrected chi connectivity index (χ0v) is 18.8. The Morgan fingerprint density at radius 2 is 1.73 bits per heavy atom. The fourth-order valence-corrected chi connectivity index (χ4v) is 4.26. The van der Waals surface area contributed by atoms with Crippen LogP contribution in [0, 0.1) is 11.3 Å². The zero-order chi connectivity index (χ0) is 23.5. The van der Waals surface area contributed by atoms with Gasteiger partial charge in [0.2, 0.25) is 0 Å². The average molecular weight is 444 g/mol. The second-order valence-corrected chi connectivity index (χ2v) is 9.57. The van der Waals surface area contributed by atoms with Crippen LogP contribution in [0.5, 0.6) is 23.0 Å². The van der Waals surface area contributed by atoms with Gasteiger partial charge in [-0.15, -0.1) is 0 Å². The molecule has 0 aromatic heterocycles. The molecule has 6 heteroatoms. The molecule has 33 heavy (non-hydrogen) atoms. The smallest absolute Gasteiger partial charge is 0.340 e. The molecule has 2 aliphatic rings. The number of hydrogen-bond donors (Lipinski definition) is 1. The van der Waals surface area contributed by atoms with E-state index in [9.17, 15) is 14.7 Å². The summed E-state index contributed by atoms with van der Waals surface area (Å²) in [6.45, 7) is 7.78. The lowest BCUT2D eigenvalue weighted by molar-refractivity contribution is -0.141. The van der Waals surface area contributed by atoms with Crippen LogP contribution in [0.15, 0.2) is 60.7 Å². The van der Waals surface area contributed by atoms with Crippen LogP contribution in [0.4, 0.5) is 0 Å². The van der Waals surface area contributed by atoms with E-state index in [-0.39, 0.29) is 23.1 Å². The number of phenols is 1. The van der Waals surface area contributed by atoms with Crippen LogP contribution in [0.2, 0.25) is 0 Å². The Hall–Kier alpha value is -3.80. The van der Waals surface area contributed by atoms with Gasteiger partial charge in [0.15, 0.2) is 5.60 Å². The number of aromatic hydroxyl groups is 1. The second kappa shape index (κ2) is 7.10. The van der Waals surface area contributed by atoms with E-state index in [4.69, 9.17) is 14.2 Å². The van der Waals surface area contributed by atoms with Gasteiger partial charge in [-0.05, 0) is 41.8 Å². The maximum Gasteiger partial charge on any atom is 0.340 e. The summed E-state index contributed by atoms with van der Waals surface area (Å²) in [5.74, 6) is 0.0719. The van der Waals surface area contributed by atoms with Crippen molar-refractivity contribution in [3.05, 3.63) is 82.9 Å². The van der Waals surface area contributed by atoms with Gasteiger partial charge >= 0.3 is 11.9 Å². The number of phenolic OH excluding ortho intramolecular Hbond substituents is 1. The molecule has 0 saturated heterocycles. The van der Waals surface area contributed by atoms with Gasteiger partial charge in [-0.3, -0.25) is 4.79 Å². The predicted molar refractivity (Wildman–Crippen MR) is 121 cm³/mol. The summed E-state index contributed by atoms with van der Waals surface area (Å²) in [6, 6.07) is 16.9. The Bertz CT molecular complexity index is 1300. The molecule has 2 aliphatic heterocycles. The van der Waals surface area contributed by atoms with E-state index in [0.29, 0.717) is 39.5 Å². The molecule has 1 spiro atoms. The highest BCUT2D eigenvalue weighted by Gasteiger charge is 2.53. The highest BCUT2D eigenvalue weighted by molar-refractivity contribution is 5.97. The van der Waals surface area contributed by atoms with Crippen molar-refractivity contribution in [2.75, 3.05) is 0 Å². The zero-order valence-electron chi connectivity index (χ0n) is 18.8. The number of carbonyl (C=O) groups excluding carboxylic acids is 2. The van der Waals surface area contributed by atoms with Crippen molar-refractivity contribution < 1.29 is 28.9 Å². The molecule has 2 heterocycles. The minimum atomic E-state index is -1.29. The summed E-state index contributed by atoms with van der Waals surface area (Å²) in [5, 5.41) is 10.0. The van der Waals surface area contributed by atoms with E-state index in [1.54, 1.807) is 36.4 Å². The third-order valence-electron chi connectivity index (χ3n) is 6.54. The van der Waals surface area contributed by atoms with Crippen LogP contribution in [0.1, 0.15) is 54.7 Å². The molecule has 0 bridgehead atoms. The van der Waals surface area contributed by atoms with Crippen LogP contribution in [-0.4, -0.2) is 17.0 Å². The van der Waals surface area contributed by atoms with Crippen molar-refractivity contribution in [2.24, 2.45) is 11.3 Å². The summed E-state index contributed by atoms with van der Waals surface area (Å²) >= 11 is 0. The topological polar surface area (TPSA) is 82.1 Å². The quantitative estimate of drug-likeness (QED) is 0.412. The van der Waals surface area contributed by atoms with Crippen LogP contribution in [-0.2, 0) is 15.1 Å². The average Bonchev–Trinajstić information content (AvgIpc) is 3.06. The molecule has 0 radical (unpaired) electrons. The minimum absolute atomic E-state index is 0.0340. The highest BCUT2D eigenvalue weighted by Crippen LogP contribution is 2.57. The van der Waals surface area contributed by atoms with Crippen molar-refractivity contribution >= 4 is 11.9 Å². The summed E-state index contributed by atoms with van der Waals surface area (Å²) in [5.41, 5.74) is 0.704. The van der Waals surface area contributed by atoms with Gasteiger partial charge in [0.25, 0.3) is 0 Å². The Morgan fingerprint density at radius 3 is 2.48 bits per heavy atom. The number of fused-ring (bicyclic) bond motifs is 6. The number of ether oxygens (including phenoxy) is 3. The Labute approximate surface area is 191 Å². The fraction of sp³-hybridized carbons (Fsp3) is 0.259. The normalized spacial score (nSPS) is 19.1. The molecule has 0 aliphatic carbocycles. The molecule has 2 atom stereocenters. The van der Waals surface area contributed by atoms with Crippen molar-refractivity contribution in [1.82, 2.24) is 0 Å². The largest absolute Gasteiger partial charge is 0.508 e. The Balaban J connectivity index is 1.68. The number of esters is 2. The van der Waals surface area contributed by atoms with Gasteiger partial charge in [0.05, 0.1) is 17.0 Å². The first-order valence-electron chi connectivity index (χ1n) is 10.8. The van der Waals surface area contributed by atoms with Crippen LogP contribution >= 0.6 is 0 Å². The summed E-state index contributed by atoms with van der Waals surface area (Å²) in [6.07, 6.45) is 0. The Morgan fingerprint density at radius 1 is 0.970 bits per heavy atom. The number of carbonyl (C=O) groups is 2. The Kier molecular flexibility index (Phi) is 4.53. The van der Waals surface area contributed by atoms with E-state index in [2.05, 4.69) is 0 Å². The third kappa shape index (κ3) is 3.17. The molecule has 5 rings (SSSR count). The van der Waals surface area contributed by atoms with Gasteiger partial charge in [0, 0.05) is 17.2 Å². The van der Waals surface area contributed by atoms with Gasteiger partial charge < -0.3 is 19.3 Å². The van der Waals surface area contributed by atoms with Crippen molar-refractivity contribution in [3.8, 4) is 23.0 Å². The van der Waals surface area contributed by atoms with Crippen LogP contribution in [0.3, 0.4) is 0 Å². The summed E-state index contributed by atoms with van der Waals surface area (Å²) in [4.78, 5) is 25.6. The maximum absolute atomic E-state index is 12.9. The molecular weight excluding hydrogens is 420 g/mol. The molecule has 3 aromatic rings. The molecule has 168 valence electrons. The molecule has 1 N–H and O–H groups in total. The summed E-state index contributed by atoms with van der Waals surface area (Å²) in [7, 11) is 0. The van der Waals surface area contributed by atoms with Crippen LogP contribution in [0.25, 0.3) is 0 Å². The first kappa shape index (κ1) is 21.1. The van der Waals surface area contributed by atoms with Crippen molar-refractivity contribution in [3.63, 3.8) is 0 Å². The van der Waals surface area contributed by atoms with Crippen molar-refractivity contribution in [1.29, 1.82) is 0 Å². The van der Waals surface area contributed by atoms with Gasteiger partial charge in [-0.1, -0.05) is 45.9 Å². The number of hydrogen-bond acceptors (Lipinski definition) is 6. The van der Waals surface area contributed by atoms with Crippen molar-refractivity contribution in [2.45, 2.75) is 33.3 Å². The molecule has 6 nitrogen and oxygen atoms in total. The SMILES string of the molecule is CC(C(=O)Oc1ccc2c(c1)C1(OC(=O)c3ccccc31)c1ccc(O)cc1O2)C(C)(C)C. The minimum Gasteiger partial charge on any atom is -0.508 e. The molecule has 0 amide bonds. The highest BCUT2D eigenvalue weighted by atomic mass is 16.6. The predicted octanol–water partition coefficient (Wildman–Crippen LogP) is 5.55. The number of benzene rings is 3. The van der Waals surface area contributed by atoms with Gasteiger partial charge in [0.1, 0.15) is 23.0 Å². The van der Waals surface area contributed by atoms with Gasteiger partial charge in [-0.25, -0.2) is 4.79 Å². The van der Waals surface area contributed by atoms with Gasteiger partial charge in [-0.2, -0.15) is 0 Å². The van der Waals surface area contributed by atoms with E-state index < -0.39 is 11.6 Å². The molecule has 0 fully saturated rings. The maximum atomic E-state index is 12.9. The lowest BCUT2D eigenvalue weighted by Crippen LogP contribution is -2.33. The first-order chi connectivity index (χ1) is 15.6. The number of rotatable bonds is 2. The fourth-order valence-electron chi connectivity index (χ4n) is 4.26. The molecule has 2 unspecified atom stereocenters. The standard InChI is InChI=1S/C27H24O6/c1-15(26(2,3)4)24(29)31-17-10-12-22-21(14-17)27(20-11-9-16(28)13-23(20)32-22)19-8-6-5-7-18(19)25(30)33-27/h5-15,28H,1-4H3. The first-order valence-corrected chi connectivity index (χ1v) is 10.8. The lowest BCUT2D eigenvalue weighted by Gasteiger charge is -2.36. The molecule has 0 saturated carbocycles. The van der Waals surface area contributed by atoms with E-state index >= 15 is 0 Å². The second-order valence-electron chi connectivity index (χ2n) is 9.57.